The Hall–Kier alpha value is -2.68. The van der Waals surface area contributed by atoms with Crippen LogP contribution in [0.2, 0.25) is 0 Å². The largest absolute Gasteiger partial charge is 0.484 e. The molecule has 3 aromatic carbocycles. The quantitative estimate of drug-likeness (QED) is 0.429. The number of ether oxygens (including phenoxy) is 1. The summed E-state index contributed by atoms with van der Waals surface area (Å²) in [5, 5.41) is 2.87. The summed E-state index contributed by atoms with van der Waals surface area (Å²) in [5.41, 5.74) is 1.85. The van der Waals surface area contributed by atoms with Gasteiger partial charge in [0.1, 0.15) is 5.75 Å². The minimum atomic E-state index is -3.69. The van der Waals surface area contributed by atoms with E-state index in [1.165, 1.54) is 24.3 Å². The first-order valence-corrected chi connectivity index (χ1v) is 12.4. The number of amides is 1. The van der Waals surface area contributed by atoms with Gasteiger partial charge in [0.05, 0.1) is 10.9 Å². The van der Waals surface area contributed by atoms with E-state index in [1.54, 1.807) is 6.92 Å². The minimum Gasteiger partial charge on any atom is -0.484 e. The first-order chi connectivity index (χ1) is 15.2. The third-order valence-corrected chi connectivity index (χ3v) is 6.97. The van der Waals surface area contributed by atoms with Crippen LogP contribution < -0.4 is 14.8 Å². The van der Waals surface area contributed by atoms with Gasteiger partial charge in [0.2, 0.25) is 10.0 Å². The van der Waals surface area contributed by atoms with E-state index < -0.39 is 10.0 Å². The molecule has 0 aromatic heterocycles. The van der Waals surface area contributed by atoms with Crippen molar-refractivity contribution in [1.82, 2.24) is 10.0 Å². The number of nitrogens with one attached hydrogen (secondary N) is 2. The van der Waals surface area contributed by atoms with Gasteiger partial charge in [-0.05, 0) is 61.4 Å². The maximum absolute atomic E-state index is 12.7. The van der Waals surface area contributed by atoms with Crippen LogP contribution >= 0.6 is 15.9 Å². The van der Waals surface area contributed by atoms with Crippen molar-refractivity contribution in [1.29, 1.82) is 0 Å². The van der Waals surface area contributed by atoms with E-state index in [-0.39, 0.29) is 29.5 Å². The number of carbonyl (C=O) groups is 1. The molecular formula is C24H25BrN2O4S. The average Bonchev–Trinajstić information content (AvgIpc) is 2.78. The summed E-state index contributed by atoms with van der Waals surface area (Å²) in [4.78, 5) is 12.3. The van der Waals surface area contributed by atoms with Crippen molar-refractivity contribution in [3.63, 3.8) is 0 Å². The molecule has 0 spiro atoms. The first-order valence-electron chi connectivity index (χ1n) is 10.1. The standard InChI is InChI=1S/C24H25BrN2O4S/c1-17(20-8-10-21(25)11-9-20)26-24(28)16-31-22-12-14-23(15-13-22)32(29,30)27-18(2)19-6-4-3-5-7-19/h3-15,17-18,27H,16H2,1-2H3,(H,26,28). The van der Waals surface area contributed by atoms with Crippen LogP contribution in [0.4, 0.5) is 0 Å². The molecule has 2 N–H and O–H groups in total. The molecule has 0 fully saturated rings. The lowest BCUT2D eigenvalue weighted by Gasteiger charge is -2.16. The molecule has 0 aliphatic carbocycles. The molecule has 3 rings (SSSR count). The molecule has 168 valence electrons. The van der Waals surface area contributed by atoms with Crippen molar-refractivity contribution < 1.29 is 17.9 Å². The van der Waals surface area contributed by atoms with Crippen molar-refractivity contribution >= 4 is 31.9 Å². The number of sulfonamides is 1. The van der Waals surface area contributed by atoms with Gasteiger partial charge in [-0.3, -0.25) is 4.79 Å². The van der Waals surface area contributed by atoms with Gasteiger partial charge in [-0.1, -0.05) is 58.4 Å². The number of hydrogen-bond acceptors (Lipinski definition) is 4. The molecule has 8 heteroatoms. The Kier molecular flexibility index (Phi) is 8.06. The second-order valence-electron chi connectivity index (χ2n) is 7.35. The number of benzene rings is 3. The predicted molar refractivity (Wildman–Crippen MR) is 128 cm³/mol. The third kappa shape index (κ3) is 6.66. The molecule has 6 nitrogen and oxygen atoms in total. The molecule has 2 unspecified atom stereocenters. The molecular weight excluding hydrogens is 492 g/mol. The van der Waals surface area contributed by atoms with Gasteiger partial charge < -0.3 is 10.1 Å². The van der Waals surface area contributed by atoms with Crippen LogP contribution in [0, 0.1) is 0 Å². The molecule has 0 aliphatic rings. The van der Waals surface area contributed by atoms with Crippen LogP contribution in [0.1, 0.15) is 37.1 Å². The summed E-state index contributed by atoms with van der Waals surface area (Å²) in [7, 11) is -3.69. The topological polar surface area (TPSA) is 84.5 Å². The number of hydrogen-bond donors (Lipinski definition) is 2. The van der Waals surface area contributed by atoms with E-state index in [2.05, 4.69) is 26.0 Å². The highest BCUT2D eigenvalue weighted by Crippen LogP contribution is 2.20. The Balaban J connectivity index is 1.53. The maximum Gasteiger partial charge on any atom is 0.258 e. The minimum absolute atomic E-state index is 0.126. The second kappa shape index (κ2) is 10.8. The molecule has 32 heavy (non-hydrogen) atoms. The summed E-state index contributed by atoms with van der Waals surface area (Å²) in [6, 6.07) is 22.5. The third-order valence-electron chi connectivity index (χ3n) is 4.88. The lowest BCUT2D eigenvalue weighted by Crippen LogP contribution is -2.31. The van der Waals surface area contributed by atoms with Crippen molar-refractivity contribution in [3.05, 3.63) is 94.5 Å². The second-order valence-corrected chi connectivity index (χ2v) is 9.98. The molecule has 0 bridgehead atoms. The smallest absolute Gasteiger partial charge is 0.258 e. The molecule has 0 saturated carbocycles. The van der Waals surface area contributed by atoms with E-state index in [0.29, 0.717) is 5.75 Å². The highest BCUT2D eigenvalue weighted by molar-refractivity contribution is 9.10. The molecule has 2 atom stereocenters. The zero-order valence-corrected chi connectivity index (χ0v) is 20.2. The van der Waals surface area contributed by atoms with Gasteiger partial charge in [0.15, 0.2) is 6.61 Å². The number of rotatable bonds is 9. The lowest BCUT2D eigenvalue weighted by atomic mass is 10.1. The highest BCUT2D eigenvalue weighted by Gasteiger charge is 2.18. The molecule has 0 heterocycles. The van der Waals surface area contributed by atoms with Crippen LogP contribution in [-0.4, -0.2) is 20.9 Å². The van der Waals surface area contributed by atoms with Crippen LogP contribution in [0.3, 0.4) is 0 Å². The van der Waals surface area contributed by atoms with Crippen LogP contribution in [0.25, 0.3) is 0 Å². The van der Waals surface area contributed by atoms with E-state index >= 15 is 0 Å². The average molecular weight is 517 g/mol. The monoisotopic (exact) mass is 516 g/mol. The molecule has 0 aliphatic heterocycles. The van der Waals surface area contributed by atoms with Crippen molar-refractivity contribution in [2.24, 2.45) is 0 Å². The molecule has 1 amide bonds. The van der Waals surface area contributed by atoms with Crippen LogP contribution in [0.15, 0.2) is 88.2 Å². The lowest BCUT2D eigenvalue weighted by molar-refractivity contribution is -0.123. The van der Waals surface area contributed by atoms with Gasteiger partial charge >= 0.3 is 0 Å². The van der Waals surface area contributed by atoms with Gasteiger partial charge in [-0.25, -0.2) is 13.1 Å². The van der Waals surface area contributed by atoms with Crippen LogP contribution in [0.5, 0.6) is 5.75 Å². The summed E-state index contributed by atoms with van der Waals surface area (Å²) in [6.07, 6.45) is 0. The Morgan fingerprint density at radius 2 is 1.47 bits per heavy atom. The normalized spacial score (nSPS) is 13.2. The van der Waals surface area contributed by atoms with Gasteiger partial charge in [0, 0.05) is 10.5 Å². The van der Waals surface area contributed by atoms with E-state index in [4.69, 9.17) is 4.74 Å². The Bertz CT molecular complexity index is 1130. The van der Waals surface area contributed by atoms with Crippen molar-refractivity contribution in [3.8, 4) is 5.75 Å². The molecule has 3 aromatic rings. The van der Waals surface area contributed by atoms with E-state index in [9.17, 15) is 13.2 Å². The number of carbonyl (C=O) groups excluding carboxylic acids is 1. The summed E-state index contributed by atoms with van der Waals surface area (Å²) in [5.74, 6) is 0.141. The maximum atomic E-state index is 12.7. The first kappa shape index (κ1) is 24.0. The Morgan fingerprint density at radius 1 is 0.875 bits per heavy atom. The number of halogens is 1. The Morgan fingerprint density at radius 3 is 2.09 bits per heavy atom. The molecule has 0 saturated heterocycles. The van der Waals surface area contributed by atoms with Gasteiger partial charge in [-0.2, -0.15) is 0 Å². The van der Waals surface area contributed by atoms with Crippen molar-refractivity contribution in [2.45, 2.75) is 30.8 Å². The molecule has 0 radical (unpaired) electrons. The summed E-state index contributed by atoms with van der Waals surface area (Å²) < 4.78 is 34.4. The van der Waals surface area contributed by atoms with Gasteiger partial charge in [0.25, 0.3) is 5.91 Å². The fourth-order valence-electron chi connectivity index (χ4n) is 3.09. The zero-order chi connectivity index (χ0) is 23.1. The SMILES string of the molecule is CC(NC(=O)COc1ccc(S(=O)(=O)NC(C)c2ccccc2)cc1)c1ccc(Br)cc1. The van der Waals surface area contributed by atoms with Crippen molar-refractivity contribution in [2.75, 3.05) is 6.61 Å². The Labute approximate surface area is 197 Å². The zero-order valence-electron chi connectivity index (χ0n) is 17.8. The fourth-order valence-corrected chi connectivity index (χ4v) is 4.59. The summed E-state index contributed by atoms with van der Waals surface area (Å²) in [6.45, 7) is 3.51. The highest BCUT2D eigenvalue weighted by atomic mass is 79.9. The van der Waals surface area contributed by atoms with E-state index in [0.717, 1.165) is 15.6 Å². The van der Waals surface area contributed by atoms with Crippen LogP contribution in [-0.2, 0) is 14.8 Å². The summed E-state index contributed by atoms with van der Waals surface area (Å²) >= 11 is 3.39. The van der Waals surface area contributed by atoms with E-state index in [1.807, 2.05) is 61.5 Å². The predicted octanol–water partition coefficient (Wildman–Crippen LogP) is 4.74. The fraction of sp³-hybridized carbons (Fsp3) is 0.208. The van der Waals surface area contributed by atoms with Gasteiger partial charge in [-0.15, -0.1) is 0 Å².